The molecule has 1 heterocycles. The zero-order valence-electron chi connectivity index (χ0n) is 13.2. The third kappa shape index (κ3) is 4.01. The van der Waals surface area contributed by atoms with Crippen molar-refractivity contribution >= 4 is 21.8 Å². The number of carbonyl (C=O) groups excluding carboxylic acids is 1. The largest absolute Gasteiger partial charge is 0.450 e. The maximum atomic E-state index is 12.7. The van der Waals surface area contributed by atoms with E-state index in [4.69, 9.17) is 4.74 Å². The van der Waals surface area contributed by atoms with Gasteiger partial charge >= 0.3 is 6.09 Å². The zero-order chi connectivity index (χ0) is 17.7. The standard InChI is InChI=1S/C14H19N3O6S/c1-2-23-14(18)15-11-6-5-9-16(10-11)24(21,22)13-8-4-3-7-12(13)17(19)20/h3-4,7-8,11H,2,5-6,9-10H2,1H3,(H,15,18). The van der Waals surface area contributed by atoms with Gasteiger partial charge in [0, 0.05) is 25.2 Å². The van der Waals surface area contributed by atoms with Crippen molar-refractivity contribution in [2.24, 2.45) is 0 Å². The molecule has 1 fully saturated rings. The van der Waals surface area contributed by atoms with Crippen molar-refractivity contribution in [3.05, 3.63) is 34.4 Å². The number of para-hydroxylation sites is 1. The first-order chi connectivity index (χ1) is 11.4. The molecule has 1 saturated heterocycles. The Morgan fingerprint density at radius 3 is 2.83 bits per heavy atom. The minimum Gasteiger partial charge on any atom is -0.450 e. The number of hydrogen-bond acceptors (Lipinski definition) is 6. The van der Waals surface area contributed by atoms with Crippen molar-refractivity contribution in [3.63, 3.8) is 0 Å². The van der Waals surface area contributed by atoms with E-state index < -0.39 is 32.8 Å². The highest BCUT2D eigenvalue weighted by molar-refractivity contribution is 7.89. The third-order valence-corrected chi connectivity index (χ3v) is 5.57. The lowest BCUT2D eigenvalue weighted by atomic mass is 10.1. The molecular formula is C14H19N3O6S. The Hall–Kier alpha value is -2.20. The first-order valence-electron chi connectivity index (χ1n) is 7.53. The Balaban J connectivity index is 2.20. The molecule has 0 saturated carbocycles. The molecule has 0 bridgehead atoms. The minimum atomic E-state index is -4.02. The molecule has 1 aromatic carbocycles. The van der Waals surface area contributed by atoms with Crippen LogP contribution in [0.1, 0.15) is 19.8 Å². The number of carbonyl (C=O) groups is 1. The summed E-state index contributed by atoms with van der Waals surface area (Å²) in [4.78, 5) is 21.5. The van der Waals surface area contributed by atoms with E-state index >= 15 is 0 Å². The summed E-state index contributed by atoms with van der Waals surface area (Å²) in [6.45, 7) is 2.19. The number of nitro benzene ring substituents is 1. The SMILES string of the molecule is CCOC(=O)NC1CCCN(S(=O)(=O)c2ccccc2[N+](=O)[O-])C1. The van der Waals surface area contributed by atoms with Gasteiger partial charge in [0.15, 0.2) is 4.90 Å². The molecule has 0 spiro atoms. The summed E-state index contributed by atoms with van der Waals surface area (Å²) < 4.78 is 31.4. The number of sulfonamides is 1. The van der Waals surface area contributed by atoms with Gasteiger partial charge in [0.1, 0.15) is 0 Å². The topological polar surface area (TPSA) is 119 Å². The van der Waals surface area contributed by atoms with Crippen LogP contribution in [0.15, 0.2) is 29.2 Å². The molecular weight excluding hydrogens is 338 g/mol. The lowest BCUT2D eigenvalue weighted by Crippen LogP contribution is -2.49. The second kappa shape index (κ2) is 7.58. The van der Waals surface area contributed by atoms with Gasteiger partial charge in [-0.2, -0.15) is 4.31 Å². The molecule has 9 nitrogen and oxygen atoms in total. The quantitative estimate of drug-likeness (QED) is 0.630. The molecule has 1 N–H and O–H groups in total. The summed E-state index contributed by atoms with van der Waals surface area (Å²) in [5.41, 5.74) is -0.460. The molecule has 1 atom stereocenters. The van der Waals surface area contributed by atoms with Crippen LogP contribution in [0, 0.1) is 10.1 Å². The van der Waals surface area contributed by atoms with Gasteiger partial charge in [0.25, 0.3) is 5.69 Å². The van der Waals surface area contributed by atoms with Crippen molar-refractivity contribution in [2.75, 3.05) is 19.7 Å². The second-order valence-corrected chi connectivity index (χ2v) is 7.20. The highest BCUT2D eigenvalue weighted by atomic mass is 32.2. The van der Waals surface area contributed by atoms with Gasteiger partial charge in [-0.15, -0.1) is 0 Å². The Kier molecular flexibility index (Phi) is 5.73. The number of nitrogens with zero attached hydrogens (tertiary/aromatic N) is 2. The van der Waals surface area contributed by atoms with Crippen LogP contribution in [0.2, 0.25) is 0 Å². The smallest absolute Gasteiger partial charge is 0.407 e. The van der Waals surface area contributed by atoms with E-state index in [2.05, 4.69) is 5.32 Å². The van der Waals surface area contributed by atoms with Gasteiger partial charge in [-0.05, 0) is 25.8 Å². The van der Waals surface area contributed by atoms with Gasteiger partial charge in [0.2, 0.25) is 10.0 Å². The molecule has 1 aliphatic heterocycles. The molecule has 10 heteroatoms. The van der Waals surface area contributed by atoms with Gasteiger partial charge in [-0.1, -0.05) is 12.1 Å². The van der Waals surface area contributed by atoms with E-state index in [0.717, 1.165) is 10.4 Å². The number of alkyl carbamates (subject to hydrolysis) is 1. The molecule has 0 aromatic heterocycles. The Bertz CT molecular complexity index is 721. The summed E-state index contributed by atoms with van der Waals surface area (Å²) >= 11 is 0. The second-order valence-electron chi connectivity index (χ2n) is 5.29. The van der Waals surface area contributed by atoms with Crippen LogP contribution in [-0.4, -0.2) is 49.5 Å². The fraction of sp³-hybridized carbons (Fsp3) is 0.500. The van der Waals surface area contributed by atoms with Crippen molar-refractivity contribution in [1.29, 1.82) is 0 Å². The molecule has 0 aliphatic carbocycles. The molecule has 1 aromatic rings. The van der Waals surface area contributed by atoms with Crippen LogP contribution in [0.4, 0.5) is 10.5 Å². The van der Waals surface area contributed by atoms with Crippen molar-refractivity contribution in [3.8, 4) is 0 Å². The van der Waals surface area contributed by atoms with E-state index in [9.17, 15) is 23.3 Å². The third-order valence-electron chi connectivity index (χ3n) is 3.66. The highest BCUT2D eigenvalue weighted by Crippen LogP contribution is 2.28. The van der Waals surface area contributed by atoms with Crippen LogP contribution >= 0.6 is 0 Å². The van der Waals surface area contributed by atoms with Gasteiger partial charge in [0.05, 0.1) is 11.5 Å². The van der Waals surface area contributed by atoms with Crippen molar-refractivity contribution in [1.82, 2.24) is 9.62 Å². The Morgan fingerprint density at radius 1 is 1.46 bits per heavy atom. The molecule has 1 aliphatic rings. The number of amides is 1. The summed E-state index contributed by atoms with van der Waals surface area (Å²) in [7, 11) is -4.02. The van der Waals surface area contributed by atoms with E-state index in [-0.39, 0.29) is 24.6 Å². The number of nitro groups is 1. The van der Waals surface area contributed by atoms with E-state index in [0.29, 0.717) is 12.8 Å². The number of benzene rings is 1. The number of nitrogens with one attached hydrogen (secondary N) is 1. The summed E-state index contributed by atoms with van der Waals surface area (Å²) in [6, 6.07) is 4.84. The maximum absolute atomic E-state index is 12.7. The number of hydrogen-bond donors (Lipinski definition) is 1. The van der Waals surface area contributed by atoms with Crippen molar-refractivity contribution in [2.45, 2.75) is 30.7 Å². The lowest BCUT2D eigenvalue weighted by molar-refractivity contribution is -0.387. The fourth-order valence-electron chi connectivity index (χ4n) is 2.58. The van der Waals surface area contributed by atoms with Crippen LogP contribution < -0.4 is 5.32 Å². The fourth-order valence-corrected chi connectivity index (χ4v) is 4.26. The molecule has 24 heavy (non-hydrogen) atoms. The van der Waals surface area contributed by atoms with E-state index in [1.54, 1.807) is 6.92 Å². The van der Waals surface area contributed by atoms with Crippen LogP contribution in [0.25, 0.3) is 0 Å². The number of rotatable bonds is 5. The lowest BCUT2D eigenvalue weighted by Gasteiger charge is -2.31. The summed E-state index contributed by atoms with van der Waals surface area (Å²) in [6.07, 6.45) is 0.547. The molecule has 0 radical (unpaired) electrons. The molecule has 1 amide bonds. The molecule has 2 rings (SSSR count). The zero-order valence-corrected chi connectivity index (χ0v) is 14.0. The molecule has 1 unspecified atom stereocenters. The van der Waals surface area contributed by atoms with Crippen molar-refractivity contribution < 1.29 is 22.9 Å². The average Bonchev–Trinajstić information content (AvgIpc) is 2.55. The Morgan fingerprint density at radius 2 is 2.17 bits per heavy atom. The summed E-state index contributed by atoms with van der Waals surface area (Å²) in [5.74, 6) is 0. The number of piperidine rings is 1. The minimum absolute atomic E-state index is 0.0488. The first-order valence-corrected chi connectivity index (χ1v) is 8.97. The van der Waals surface area contributed by atoms with Gasteiger partial charge in [-0.25, -0.2) is 13.2 Å². The van der Waals surface area contributed by atoms with Crippen LogP contribution in [0.3, 0.4) is 0 Å². The van der Waals surface area contributed by atoms with E-state index in [1.807, 2.05) is 0 Å². The van der Waals surface area contributed by atoms with Crippen LogP contribution in [-0.2, 0) is 14.8 Å². The highest BCUT2D eigenvalue weighted by Gasteiger charge is 2.35. The number of ether oxygens (including phenoxy) is 1. The Labute approximate surface area is 139 Å². The monoisotopic (exact) mass is 357 g/mol. The first kappa shape index (κ1) is 18.1. The maximum Gasteiger partial charge on any atom is 0.407 e. The predicted octanol–water partition coefficient (Wildman–Crippen LogP) is 1.49. The van der Waals surface area contributed by atoms with E-state index in [1.165, 1.54) is 18.2 Å². The summed E-state index contributed by atoms with van der Waals surface area (Å²) in [5, 5.41) is 13.7. The van der Waals surface area contributed by atoms with Gasteiger partial charge in [-0.3, -0.25) is 10.1 Å². The van der Waals surface area contributed by atoms with Crippen LogP contribution in [0.5, 0.6) is 0 Å². The molecule has 132 valence electrons. The van der Waals surface area contributed by atoms with Gasteiger partial charge < -0.3 is 10.1 Å². The normalized spacial score (nSPS) is 18.8. The average molecular weight is 357 g/mol. The predicted molar refractivity (Wildman–Crippen MR) is 85.0 cm³/mol.